The standard InChI is InChI=1S/C24H34N6O7/c1-13(24(36)37)28-22(34)19(11-20(31)32)30-23(35)18(29-21(33)16(26)7-4-5-9-25)10-14-12-27-17-8-3-2-6-15(14)17/h2-3,6,8,12-13,16,18-19,27H,4-5,7,9-11,25-26H2,1H3,(H,28,34)(H,29,33)(H,30,35)(H,31,32)(H,36,37). The molecule has 0 aliphatic rings. The number of aliphatic carboxylic acids is 2. The molecule has 1 aromatic heterocycles. The number of rotatable bonds is 15. The maximum Gasteiger partial charge on any atom is 0.325 e. The minimum atomic E-state index is -1.58. The summed E-state index contributed by atoms with van der Waals surface area (Å²) in [6, 6.07) is 2.34. The third-order valence-corrected chi connectivity index (χ3v) is 5.78. The number of carboxylic acids is 2. The highest BCUT2D eigenvalue weighted by Crippen LogP contribution is 2.19. The predicted molar refractivity (Wildman–Crippen MR) is 134 cm³/mol. The number of carbonyl (C=O) groups is 5. The number of para-hydroxylation sites is 1. The van der Waals surface area contributed by atoms with Gasteiger partial charge >= 0.3 is 11.9 Å². The highest BCUT2D eigenvalue weighted by atomic mass is 16.4. The fourth-order valence-electron chi connectivity index (χ4n) is 3.68. The summed E-state index contributed by atoms with van der Waals surface area (Å²) in [5.74, 6) is -5.11. The number of nitrogens with one attached hydrogen (secondary N) is 4. The minimum Gasteiger partial charge on any atom is -0.481 e. The summed E-state index contributed by atoms with van der Waals surface area (Å²) in [6.45, 7) is 1.65. The number of fused-ring (bicyclic) bond motifs is 1. The van der Waals surface area contributed by atoms with Gasteiger partial charge in [0.25, 0.3) is 0 Å². The van der Waals surface area contributed by atoms with Crippen molar-refractivity contribution in [3.63, 3.8) is 0 Å². The van der Waals surface area contributed by atoms with Crippen molar-refractivity contribution in [1.29, 1.82) is 0 Å². The molecule has 0 bridgehead atoms. The van der Waals surface area contributed by atoms with Gasteiger partial charge in [-0.1, -0.05) is 24.6 Å². The topological polar surface area (TPSA) is 230 Å². The van der Waals surface area contributed by atoms with Crippen molar-refractivity contribution in [3.05, 3.63) is 36.0 Å². The zero-order chi connectivity index (χ0) is 27.5. The Labute approximate surface area is 213 Å². The number of amides is 3. The summed E-state index contributed by atoms with van der Waals surface area (Å²) in [4.78, 5) is 64.1. The maximum absolute atomic E-state index is 13.3. The predicted octanol–water partition coefficient (Wildman–Crippen LogP) is -0.800. The lowest BCUT2D eigenvalue weighted by Gasteiger charge is -2.24. The Hall–Kier alpha value is -3.97. The Balaban J connectivity index is 2.26. The van der Waals surface area contributed by atoms with Crippen LogP contribution in [0.15, 0.2) is 30.5 Å². The van der Waals surface area contributed by atoms with E-state index in [4.69, 9.17) is 16.6 Å². The van der Waals surface area contributed by atoms with Crippen LogP contribution in [0, 0.1) is 0 Å². The molecule has 0 spiro atoms. The number of benzene rings is 1. The molecule has 4 atom stereocenters. The van der Waals surface area contributed by atoms with Gasteiger partial charge in [-0.2, -0.15) is 0 Å². The van der Waals surface area contributed by atoms with Crippen LogP contribution in [0.5, 0.6) is 0 Å². The van der Waals surface area contributed by atoms with Crippen LogP contribution < -0.4 is 27.4 Å². The third kappa shape index (κ3) is 8.88. The molecule has 1 aromatic carbocycles. The maximum atomic E-state index is 13.3. The van der Waals surface area contributed by atoms with E-state index in [9.17, 15) is 29.1 Å². The molecule has 10 N–H and O–H groups in total. The van der Waals surface area contributed by atoms with Crippen LogP contribution in [-0.2, 0) is 30.4 Å². The van der Waals surface area contributed by atoms with Gasteiger partial charge in [0, 0.05) is 23.5 Å². The summed E-state index contributed by atoms with van der Waals surface area (Å²) in [5.41, 5.74) is 13.0. The summed E-state index contributed by atoms with van der Waals surface area (Å²) in [7, 11) is 0. The first-order valence-corrected chi connectivity index (χ1v) is 11.9. The molecule has 37 heavy (non-hydrogen) atoms. The molecule has 0 radical (unpaired) electrons. The number of unbranched alkanes of at least 4 members (excludes halogenated alkanes) is 1. The van der Waals surface area contributed by atoms with Crippen molar-refractivity contribution < 1.29 is 34.2 Å². The second-order valence-corrected chi connectivity index (χ2v) is 8.74. The Kier molecular flexibility index (Phi) is 11.0. The molecular formula is C24H34N6O7. The van der Waals surface area contributed by atoms with Crippen LogP contribution in [0.3, 0.4) is 0 Å². The first kappa shape index (κ1) is 29.3. The molecule has 13 nitrogen and oxygen atoms in total. The first-order valence-electron chi connectivity index (χ1n) is 11.9. The Morgan fingerprint density at radius 3 is 2.24 bits per heavy atom. The van der Waals surface area contributed by atoms with E-state index in [1.807, 2.05) is 24.3 Å². The lowest BCUT2D eigenvalue weighted by Crippen LogP contribution is -2.57. The number of aromatic nitrogens is 1. The lowest BCUT2D eigenvalue weighted by atomic mass is 10.0. The van der Waals surface area contributed by atoms with Crippen molar-refractivity contribution in [2.75, 3.05) is 6.54 Å². The van der Waals surface area contributed by atoms with Gasteiger partial charge in [0.05, 0.1) is 12.5 Å². The van der Waals surface area contributed by atoms with Crippen molar-refractivity contribution >= 4 is 40.6 Å². The van der Waals surface area contributed by atoms with Crippen LogP contribution in [0.2, 0.25) is 0 Å². The molecule has 3 amide bonds. The quantitative estimate of drug-likeness (QED) is 0.138. The number of aromatic amines is 1. The molecule has 0 aliphatic heterocycles. The third-order valence-electron chi connectivity index (χ3n) is 5.78. The minimum absolute atomic E-state index is 0.0179. The van der Waals surface area contributed by atoms with E-state index in [2.05, 4.69) is 20.9 Å². The molecule has 1 heterocycles. The Morgan fingerprint density at radius 1 is 0.946 bits per heavy atom. The normalized spacial score (nSPS) is 14.2. The van der Waals surface area contributed by atoms with Crippen LogP contribution in [-0.4, -0.2) is 75.6 Å². The van der Waals surface area contributed by atoms with Gasteiger partial charge in [-0.05, 0) is 37.9 Å². The zero-order valence-corrected chi connectivity index (χ0v) is 20.5. The van der Waals surface area contributed by atoms with Crippen LogP contribution in [0.1, 0.15) is 38.2 Å². The summed E-state index contributed by atoms with van der Waals surface area (Å²) in [6.07, 6.45) is 2.56. The molecule has 13 heteroatoms. The number of nitrogens with two attached hydrogens (primary N) is 2. The largest absolute Gasteiger partial charge is 0.481 e. The average Bonchev–Trinajstić information content (AvgIpc) is 3.25. The zero-order valence-electron chi connectivity index (χ0n) is 20.5. The van der Waals surface area contributed by atoms with Gasteiger partial charge in [-0.3, -0.25) is 24.0 Å². The number of hydrogen-bond donors (Lipinski definition) is 8. The summed E-state index contributed by atoms with van der Waals surface area (Å²) < 4.78 is 0. The van der Waals surface area contributed by atoms with Crippen molar-refractivity contribution in [1.82, 2.24) is 20.9 Å². The fraction of sp³-hybridized carbons (Fsp3) is 0.458. The smallest absolute Gasteiger partial charge is 0.325 e. The van der Waals surface area contributed by atoms with Gasteiger partial charge in [-0.25, -0.2) is 0 Å². The molecular weight excluding hydrogens is 484 g/mol. The van der Waals surface area contributed by atoms with E-state index in [0.717, 1.165) is 10.9 Å². The fourth-order valence-corrected chi connectivity index (χ4v) is 3.68. The molecule has 2 rings (SSSR count). The highest BCUT2D eigenvalue weighted by molar-refractivity contribution is 5.96. The van der Waals surface area contributed by atoms with E-state index in [0.29, 0.717) is 31.4 Å². The average molecular weight is 519 g/mol. The molecule has 0 fully saturated rings. The monoisotopic (exact) mass is 518 g/mol. The number of hydrogen-bond acceptors (Lipinski definition) is 7. The molecule has 2 aromatic rings. The Morgan fingerprint density at radius 2 is 1.59 bits per heavy atom. The van der Waals surface area contributed by atoms with E-state index in [1.54, 1.807) is 6.20 Å². The van der Waals surface area contributed by atoms with Crippen molar-refractivity contribution in [2.45, 2.75) is 63.2 Å². The van der Waals surface area contributed by atoms with Crippen molar-refractivity contribution in [2.24, 2.45) is 11.5 Å². The molecule has 0 saturated carbocycles. The van der Waals surface area contributed by atoms with Crippen LogP contribution in [0.4, 0.5) is 0 Å². The van der Waals surface area contributed by atoms with Crippen molar-refractivity contribution in [3.8, 4) is 0 Å². The second kappa shape index (κ2) is 13.9. The van der Waals surface area contributed by atoms with Gasteiger partial charge in [-0.15, -0.1) is 0 Å². The highest BCUT2D eigenvalue weighted by Gasteiger charge is 2.31. The van der Waals surface area contributed by atoms with Gasteiger partial charge in [0.1, 0.15) is 18.1 Å². The van der Waals surface area contributed by atoms with Crippen LogP contribution in [0.25, 0.3) is 10.9 Å². The summed E-state index contributed by atoms with van der Waals surface area (Å²) in [5, 5.41) is 26.2. The van der Waals surface area contributed by atoms with E-state index in [1.165, 1.54) is 6.92 Å². The van der Waals surface area contributed by atoms with Gasteiger partial charge < -0.3 is 42.6 Å². The number of H-pyrrole nitrogens is 1. The van der Waals surface area contributed by atoms with E-state index in [-0.39, 0.29) is 6.42 Å². The lowest BCUT2D eigenvalue weighted by molar-refractivity contribution is -0.143. The van der Waals surface area contributed by atoms with E-state index >= 15 is 0 Å². The second-order valence-electron chi connectivity index (χ2n) is 8.74. The molecule has 0 aliphatic carbocycles. The molecule has 4 unspecified atom stereocenters. The van der Waals surface area contributed by atoms with E-state index < -0.39 is 60.2 Å². The summed E-state index contributed by atoms with van der Waals surface area (Å²) >= 11 is 0. The van der Waals surface area contributed by atoms with Gasteiger partial charge in [0.2, 0.25) is 17.7 Å². The SMILES string of the molecule is CC(NC(=O)C(CC(=O)O)NC(=O)C(Cc1c[nH]c2ccccc12)NC(=O)C(N)CCCCN)C(=O)O. The molecule has 202 valence electrons. The Bertz CT molecular complexity index is 1120. The number of carbonyl (C=O) groups excluding carboxylic acids is 3. The number of carboxylic acid groups (broad SMARTS) is 2. The van der Waals surface area contributed by atoms with Crippen LogP contribution >= 0.6 is 0 Å². The molecule has 0 saturated heterocycles. The van der Waals surface area contributed by atoms with Gasteiger partial charge in [0.15, 0.2) is 0 Å². The first-order chi connectivity index (χ1) is 17.5.